The largest absolute Gasteiger partial charge is 0.398 e. The van der Waals surface area contributed by atoms with Crippen molar-refractivity contribution >= 4 is 44.4 Å². The zero-order valence-electron chi connectivity index (χ0n) is 16.0. The van der Waals surface area contributed by atoms with Gasteiger partial charge in [-0.2, -0.15) is 0 Å². The van der Waals surface area contributed by atoms with Crippen molar-refractivity contribution in [2.45, 2.75) is 11.0 Å². The molecular formula is C20H20N4O4S2. The minimum atomic E-state index is -3.91. The smallest absolute Gasteiger partial charge is 0.258 e. The molecular weight excluding hydrogens is 424 g/mol. The van der Waals surface area contributed by atoms with Crippen LogP contribution in [0.25, 0.3) is 0 Å². The molecule has 1 aromatic heterocycles. The van der Waals surface area contributed by atoms with E-state index < -0.39 is 16.1 Å². The Morgan fingerprint density at radius 3 is 2.57 bits per heavy atom. The second kappa shape index (κ2) is 8.76. The van der Waals surface area contributed by atoms with Gasteiger partial charge < -0.3 is 15.8 Å². The van der Waals surface area contributed by atoms with Crippen LogP contribution in [0.1, 0.15) is 22.1 Å². The molecule has 1 heterocycles. The molecule has 10 heteroatoms. The lowest BCUT2D eigenvalue weighted by Crippen LogP contribution is -2.22. The lowest BCUT2D eigenvalue weighted by Gasteiger charge is -2.15. The Morgan fingerprint density at radius 2 is 1.93 bits per heavy atom. The van der Waals surface area contributed by atoms with Gasteiger partial charge in [-0.25, -0.2) is 13.6 Å². The van der Waals surface area contributed by atoms with E-state index in [-0.39, 0.29) is 16.5 Å². The molecule has 0 bridgehead atoms. The van der Waals surface area contributed by atoms with Crippen LogP contribution in [0.3, 0.4) is 0 Å². The van der Waals surface area contributed by atoms with Gasteiger partial charge in [0, 0.05) is 34.5 Å². The van der Waals surface area contributed by atoms with Crippen LogP contribution in [0.2, 0.25) is 0 Å². The molecule has 0 aliphatic carbocycles. The van der Waals surface area contributed by atoms with Crippen LogP contribution in [-0.4, -0.2) is 27.1 Å². The third kappa shape index (κ3) is 4.74. The van der Waals surface area contributed by atoms with Gasteiger partial charge in [-0.1, -0.05) is 18.2 Å². The lowest BCUT2D eigenvalue weighted by molar-refractivity contribution is -0.125. The molecule has 0 saturated heterocycles. The Labute approximate surface area is 178 Å². The molecule has 2 aromatic carbocycles. The van der Waals surface area contributed by atoms with Gasteiger partial charge in [0.05, 0.1) is 10.6 Å². The normalized spacial score (nSPS) is 12.3. The summed E-state index contributed by atoms with van der Waals surface area (Å²) in [5, 5.41) is 18.3. The fourth-order valence-corrected chi connectivity index (χ4v) is 4.19. The summed E-state index contributed by atoms with van der Waals surface area (Å²) in [7, 11) is -2.46. The molecule has 6 N–H and O–H groups in total. The summed E-state index contributed by atoms with van der Waals surface area (Å²) < 4.78 is 28.5. The van der Waals surface area contributed by atoms with E-state index in [0.717, 1.165) is 4.88 Å². The number of carbonyl (C=O) groups is 1. The Kier molecular flexibility index (Phi) is 6.32. The van der Waals surface area contributed by atoms with E-state index in [4.69, 9.17) is 21.0 Å². The molecule has 0 aliphatic heterocycles. The van der Waals surface area contributed by atoms with Crippen molar-refractivity contribution in [3.8, 4) is 0 Å². The van der Waals surface area contributed by atoms with Crippen LogP contribution >= 0.6 is 11.3 Å². The second-order valence-electron chi connectivity index (χ2n) is 6.37. The third-order valence-corrected chi connectivity index (χ3v) is 6.14. The highest BCUT2D eigenvalue weighted by molar-refractivity contribution is 7.89. The molecule has 0 fully saturated rings. The number of nitrogens with two attached hydrogens (primary N) is 2. The maximum Gasteiger partial charge on any atom is 0.258 e. The van der Waals surface area contributed by atoms with Gasteiger partial charge >= 0.3 is 0 Å². The van der Waals surface area contributed by atoms with Gasteiger partial charge in [-0.3, -0.25) is 10.2 Å². The highest BCUT2D eigenvalue weighted by atomic mass is 32.2. The summed E-state index contributed by atoms with van der Waals surface area (Å²) in [4.78, 5) is 13.3. The van der Waals surface area contributed by atoms with Crippen molar-refractivity contribution in [1.82, 2.24) is 0 Å². The van der Waals surface area contributed by atoms with Crippen LogP contribution in [0.15, 0.2) is 64.9 Å². The first kappa shape index (κ1) is 21.7. The first-order chi connectivity index (χ1) is 14.2. The first-order valence-corrected chi connectivity index (χ1v) is 11.1. The van der Waals surface area contributed by atoms with Gasteiger partial charge in [0.1, 0.15) is 0 Å². The van der Waals surface area contributed by atoms with E-state index in [0.29, 0.717) is 22.5 Å². The molecule has 30 heavy (non-hydrogen) atoms. The average Bonchev–Trinajstić information content (AvgIpc) is 3.23. The number of primary sulfonamides is 1. The van der Waals surface area contributed by atoms with E-state index in [1.165, 1.54) is 36.6 Å². The molecule has 156 valence electrons. The van der Waals surface area contributed by atoms with Gasteiger partial charge in [-0.15, -0.1) is 11.3 Å². The number of amides is 1. The summed E-state index contributed by atoms with van der Waals surface area (Å²) in [5.41, 5.74) is 7.42. The Balaban J connectivity index is 1.88. The van der Waals surface area contributed by atoms with E-state index in [2.05, 4.69) is 5.32 Å². The number of thiophene rings is 1. The van der Waals surface area contributed by atoms with Gasteiger partial charge in [0.2, 0.25) is 10.0 Å². The number of hydrogen-bond acceptors (Lipinski definition) is 7. The molecule has 0 radical (unpaired) electrons. The maximum atomic E-state index is 12.6. The van der Waals surface area contributed by atoms with Gasteiger partial charge in [0.15, 0.2) is 6.10 Å². The number of methoxy groups -OCH3 is 1. The molecule has 1 atom stereocenters. The minimum absolute atomic E-state index is 0.00403. The third-order valence-electron chi connectivity index (χ3n) is 4.32. The number of anilines is 2. The van der Waals surface area contributed by atoms with Gasteiger partial charge in [0.25, 0.3) is 5.91 Å². The van der Waals surface area contributed by atoms with Crippen LogP contribution in [0.4, 0.5) is 11.4 Å². The van der Waals surface area contributed by atoms with Crippen LogP contribution in [0.5, 0.6) is 0 Å². The summed E-state index contributed by atoms with van der Waals surface area (Å²) in [6.45, 7) is 0. The highest BCUT2D eigenvalue weighted by Gasteiger charge is 2.22. The van der Waals surface area contributed by atoms with Crippen molar-refractivity contribution in [2.75, 3.05) is 18.2 Å². The van der Waals surface area contributed by atoms with Crippen molar-refractivity contribution in [3.05, 3.63) is 76.0 Å². The number of carbonyl (C=O) groups excluding carboxylic acids is 1. The van der Waals surface area contributed by atoms with E-state index in [1.807, 2.05) is 11.4 Å². The average molecular weight is 445 g/mol. The zero-order valence-corrected chi connectivity index (χ0v) is 17.6. The van der Waals surface area contributed by atoms with Crippen molar-refractivity contribution in [2.24, 2.45) is 5.14 Å². The number of hydrogen-bond donors (Lipinski definition) is 4. The quantitative estimate of drug-likeness (QED) is 0.327. The van der Waals surface area contributed by atoms with Gasteiger partial charge in [-0.05, 0) is 41.8 Å². The standard InChI is InChI=1S/C20H20N4O4S2/c1-28-19(17-6-3-9-29-17)20(25)24-13-7-8-16(21)15(11-13)18(22)12-4-2-5-14(10-12)30(23,26)27/h2-11,19,22H,21H2,1H3,(H,24,25)(H2,23,26,27). The number of sulfonamides is 1. The van der Waals surface area contributed by atoms with E-state index in [1.54, 1.807) is 30.3 Å². The zero-order chi connectivity index (χ0) is 21.9. The molecule has 1 unspecified atom stereocenters. The molecule has 0 spiro atoms. The predicted octanol–water partition coefficient (Wildman–Crippen LogP) is 2.72. The van der Waals surface area contributed by atoms with Crippen molar-refractivity contribution in [1.29, 1.82) is 5.41 Å². The molecule has 8 nitrogen and oxygen atoms in total. The van der Waals surface area contributed by atoms with Crippen LogP contribution < -0.4 is 16.2 Å². The summed E-state index contributed by atoms with van der Waals surface area (Å²) in [5.74, 6) is -0.363. The Hall–Kier alpha value is -3.05. The summed E-state index contributed by atoms with van der Waals surface area (Å²) >= 11 is 1.41. The van der Waals surface area contributed by atoms with Crippen molar-refractivity contribution < 1.29 is 17.9 Å². The van der Waals surface area contributed by atoms with Crippen LogP contribution in [-0.2, 0) is 19.6 Å². The predicted molar refractivity (Wildman–Crippen MR) is 117 cm³/mol. The Morgan fingerprint density at radius 1 is 1.17 bits per heavy atom. The fourth-order valence-electron chi connectivity index (χ4n) is 2.84. The number of nitrogens with one attached hydrogen (secondary N) is 2. The molecule has 0 aliphatic rings. The summed E-state index contributed by atoms with van der Waals surface area (Å²) in [6, 6.07) is 14.1. The second-order valence-corrected chi connectivity index (χ2v) is 8.91. The summed E-state index contributed by atoms with van der Waals surface area (Å²) in [6.07, 6.45) is -0.767. The molecule has 3 aromatic rings. The number of benzene rings is 2. The number of nitrogen functional groups attached to an aromatic ring is 1. The van der Waals surface area contributed by atoms with Crippen molar-refractivity contribution in [3.63, 3.8) is 0 Å². The first-order valence-electron chi connectivity index (χ1n) is 8.69. The highest BCUT2D eigenvalue weighted by Crippen LogP contribution is 2.26. The van der Waals surface area contributed by atoms with Crippen LogP contribution in [0, 0.1) is 5.41 Å². The number of rotatable bonds is 7. The topological polar surface area (TPSA) is 148 Å². The fraction of sp³-hybridized carbons (Fsp3) is 0.100. The maximum absolute atomic E-state index is 12.6. The monoisotopic (exact) mass is 444 g/mol. The van der Waals surface area contributed by atoms with E-state index >= 15 is 0 Å². The SMILES string of the molecule is COC(C(=O)Nc1ccc(N)c(C(=N)c2cccc(S(N)(=O)=O)c2)c1)c1cccs1. The minimum Gasteiger partial charge on any atom is -0.398 e. The molecule has 0 saturated carbocycles. The Bertz CT molecular complexity index is 1190. The number of ether oxygens (including phenoxy) is 1. The van der Waals surface area contributed by atoms with E-state index in [9.17, 15) is 13.2 Å². The molecule has 3 rings (SSSR count). The molecule has 1 amide bonds. The lowest BCUT2D eigenvalue weighted by atomic mass is 10.0.